The summed E-state index contributed by atoms with van der Waals surface area (Å²) in [4.78, 5) is 2.61. The minimum atomic E-state index is 0.766. The van der Waals surface area contributed by atoms with Gasteiger partial charge in [0.25, 0.3) is 0 Å². The fourth-order valence-electron chi connectivity index (χ4n) is 2.58. The molecule has 3 nitrogen and oxygen atoms in total. The quantitative estimate of drug-likeness (QED) is 0.740. The van der Waals surface area contributed by atoms with Gasteiger partial charge in [0, 0.05) is 24.2 Å². The van der Waals surface area contributed by atoms with Gasteiger partial charge in [0.2, 0.25) is 0 Å². The molecular formula is C16H26N2O. The van der Waals surface area contributed by atoms with E-state index in [9.17, 15) is 0 Å². The zero-order chi connectivity index (χ0) is 13.1. The van der Waals surface area contributed by atoms with Gasteiger partial charge in [-0.05, 0) is 44.7 Å². The monoisotopic (exact) mass is 262 g/mol. The second-order valence-electron chi connectivity index (χ2n) is 6.08. The lowest BCUT2D eigenvalue weighted by atomic mass is 10.2. The zero-order valence-electron chi connectivity index (χ0n) is 12.0. The fraction of sp³-hybridized carbons (Fsp3) is 0.750. The van der Waals surface area contributed by atoms with Crippen LogP contribution in [0.4, 0.5) is 0 Å². The Hall–Kier alpha value is -0.800. The summed E-state index contributed by atoms with van der Waals surface area (Å²) in [5.41, 5.74) is 1.36. The highest BCUT2D eigenvalue weighted by Gasteiger charge is 2.29. The summed E-state index contributed by atoms with van der Waals surface area (Å²) in [6.45, 7) is 5.46. The first kappa shape index (κ1) is 13.2. The van der Waals surface area contributed by atoms with E-state index in [0.29, 0.717) is 0 Å². The molecule has 2 aliphatic rings. The van der Waals surface area contributed by atoms with Crippen LogP contribution in [0.3, 0.4) is 0 Å². The molecule has 1 heterocycles. The third-order valence-electron chi connectivity index (χ3n) is 4.21. The minimum absolute atomic E-state index is 0.766. The molecule has 1 aromatic rings. The van der Waals surface area contributed by atoms with E-state index in [2.05, 4.69) is 23.2 Å². The van der Waals surface area contributed by atoms with Crippen molar-refractivity contribution in [1.29, 1.82) is 0 Å². The molecule has 0 saturated heterocycles. The summed E-state index contributed by atoms with van der Waals surface area (Å²) in [6.07, 6.45) is 9.87. The SMILES string of the molecule is CCCCN(Cc1occc1CNC1CC1)C1CC1. The lowest BCUT2D eigenvalue weighted by molar-refractivity contribution is 0.229. The summed E-state index contributed by atoms with van der Waals surface area (Å²) in [5.74, 6) is 1.18. The second kappa shape index (κ2) is 6.10. The molecule has 0 unspecified atom stereocenters. The Kier molecular flexibility index (Phi) is 4.24. The lowest BCUT2D eigenvalue weighted by Gasteiger charge is -2.21. The number of nitrogens with zero attached hydrogens (tertiary/aromatic N) is 1. The second-order valence-corrected chi connectivity index (χ2v) is 6.08. The normalized spacial score (nSPS) is 19.3. The van der Waals surface area contributed by atoms with Crippen molar-refractivity contribution in [2.45, 2.75) is 70.6 Å². The van der Waals surface area contributed by atoms with Gasteiger partial charge in [0.05, 0.1) is 12.8 Å². The lowest BCUT2D eigenvalue weighted by Crippen LogP contribution is -2.27. The Labute approximate surface area is 116 Å². The van der Waals surface area contributed by atoms with Crippen LogP contribution >= 0.6 is 0 Å². The Morgan fingerprint density at radius 1 is 1.32 bits per heavy atom. The maximum absolute atomic E-state index is 5.72. The number of hydrogen-bond donors (Lipinski definition) is 1. The molecule has 0 atom stereocenters. The first-order valence-electron chi connectivity index (χ1n) is 7.89. The van der Waals surface area contributed by atoms with Gasteiger partial charge < -0.3 is 9.73 Å². The van der Waals surface area contributed by atoms with Gasteiger partial charge in [-0.1, -0.05) is 13.3 Å². The highest BCUT2D eigenvalue weighted by Crippen LogP contribution is 2.29. The first-order valence-corrected chi connectivity index (χ1v) is 7.89. The zero-order valence-corrected chi connectivity index (χ0v) is 12.0. The van der Waals surface area contributed by atoms with Crippen LogP contribution in [0.1, 0.15) is 56.8 Å². The van der Waals surface area contributed by atoms with E-state index in [1.165, 1.54) is 56.4 Å². The van der Waals surface area contributed by atoms with Gasteiger partial charge in [-0.2, -0.15) is 0 Å². The molecule has 0 radical (unpaired) electrons. The third-order valence-corrected chi connectivity index (χ3v) is 4.21. The van der Waals surface area contributed by atoms with Crippen LogP contribution in [0, 0.1) is 0 Å². The standard InChI is InChI=1S/C16H26N2O/c1-2-3-9-18(15-6-7-15)12-16-13(8-10-19-16)11-17-14-4-5-14/h8,10,14-15,17H,2-7,9,11-12H2,1H3. The molecule has 19 heavy (non-hydrogen) atoms. The van der Waals surface area contributed by atoms with Crippen LogP contribution in [-0.4, -0.2) is 23.5 Å². The Morgan fingerprint density at radius 3 is 2.84 bits per heavy atom. The van der Waals surface area contributed by atoms with Crippen molar-refractivity contribution in [3.63, 3.8) is 0 Å². The highest BCUT2D eigenvalue weighted by molar-refractivity contribution is 5.17. The Morgan fingerprint density at radius 2 is 2.16 bits per heavy atom. The molecule has 3 heteroatoms. The molecule has 3 rings (SSSR count). The number of unbranched alkanes of at least 4 members (excludes halogenated alkanes) is 1. The molecule has 0 aromatic carbocycles. The number of hydrogen-bond acceptors (Lipinski definition) is 3. The van der Waals surface area contributed by atoms with E-state index in [4.69, 9.17) is 4.42 Å². The van der Waals surface area contributed by atoms with Gasteiger partial charge >= 0.3 is 0 Å². The molecule has 2 fully saturated rings. The summed E-state index contributed by atoms with van der Waals surface area (Å²) >= 11 is 0. The van der Waals surface area contributed by atoms with Gasteiger partial charge in [-0.25, -0.2) is 0 Å². The van der Waals surface area contributed by atoms with Gasteiger partial charge in [0.15, 0.2) is 0 Å². The molecule has 0 spiro atoms. The van der Waals surface area contributed by atoms with Crippen molar-refractivity contribution in [3.8, 4) is 0 Å². The van der Waals surface area contributed by atoms with Crippen LogP contribution in [0.15, 0.2) is 16.7 Å². The average molecular weight is 262 g/mol. The van der Waals surface area contributed by atoms with Crippen LogP contribution in [0.5, 0.6) is 0 Å². The van der Waals surface area contributed by atoms with Crippen molar-refractivity contribution in [2.75, 3.05) is 6.54 Å². The fourth-order valence-corrected chi connectivity index (χ4v) is 2.58. The molecule has 1 aromatic heterocycles. The highest BCUT2D eigenvalue weighted by atomic mass is 16.3. The molecule has 2 aliphatic carbocycles. The Balaban J connectivity index is 1.55. The van der Waals surface area contributed by atoms with Crippen LogP contribution in [0.2, 0.25) is 0 Å². The number of rotatable bonds is 9. The van der Waals surface area contributed by atoms with Crippen molar-refractivity contribution in [2.24, 2.45) is 0 Å². The minimum Gasteiger partial charge on any atom is -0.468 e. The van der Waals surface area contributed by atoms with E-state index in [1.54, 1.807) is 0 Å². The topological polar surface area (TPSA) is 28.4 Å². The smallest absolute Gasteiger partial charge is 0.122 e. The average Bonchev–Trinajstić information content (AvgIpc) is 3.32. The van der Waals surface area contributed by atoms with Crippen LogP contribution < -0.4 is 5.32 Å². The largest absolute Gasteiger partial charge is 0.468 e. The van der Waals surface area contributed by atoms with Crippen LogP contribution in [0.25, 0.3) is 0 Å². The number of furan rings is 1. The van der Waals surface area contributed by atoms with Gasteiger partial charge in [-0.3, -0.25) is 4.90 Å². The Bertz CT molecular complexity index is 393. The molecule has 0 aliphatic heterocycles. The maximum Gasteiger partial charge on any atom is 0.122 e. The predicted octanol–water partition coefficient (Wildman–Crippen LogP) is 3.30. The molecule has 2 saturated carbocycles. The van der Waals surface area contributed by atoms with Gasteiger partial charge in [0.1, 0.15) is 5.76 Å². The molecule has 0 bridgehead atoms. The summed E-state index contributed by atoms with van der Waals surface area (Å²) in [5, 5.41) is 3.58. The van der Waals surface area contributed by atoms with E-state index >= 15 is 0 Å². The van der Waals surface area contributed by atoms with E-state index in [0.717, 1.165) is 25.2 Å². The van der Waals surface area contributed by atoms with Crippen LogP contribution in [-0.2, 0) is 13.1 Å². The summed E-state index contributed by atoms with van der Waals surface area (Å²) in [7, 11) is 0. The van der Waals surface area contributed by atoms with E-state index in [-0.39, 0.29) is 0 Å². The van der Waals surface area contributed by atoms with Crippen molar-refractivity contribution in [1.82, 2.24) is 10.2 Å². The van der Waals surface area contributed by atoms with Crippen molar-refractivity contribution < 1.29 is 4.42 Å². The molecule has 1 N–H and O–H groups in total. The van der Waals surface area contributed by atoms with Crippen molar-refractivity contribution in [3.05, 3.63) is 23.7 Å². The van der Waals surface area contributed by atoms with E-state index in [1.807, 2.05) is 6.26 Å². The first-order chi connectivity index (χ1) is 9.36. The summed E-state index contributed by atoms with van der Waals surface area (Å²) in [6, 6.07) is 3.72. The van der Waals surface area contributed by atoms with Crippen molar-refractivity contribution >= 4 is 0 Å². The summed E-state index contributed by atoms with van der Waals surface area (Å²) < 4.78 is 5.72. The van der Waals surface area contributed by atoms with Gasteiger partial charge in [-0.15, -0.1) is 0 Å². The van der Waals surface area contributed by atoms with E-state index < -0.39 is 0 Å². The molecule has 0 amide bonds. The number of nitrogens with one attached hydrogen (secondary N) is 1. The molecular weight excluding hydrogens is 236 g/mol. The molecule has 106 valence electrons. The predicted molar refractivity (Wildman–Crippen MR) is 76.9 cm³/mol. The maximum atomic E-state index is 5.72. The third kappa shape index (κ3) is 3.83.